The van der Waals surface area contributed by atoms with Crippen molar-refractivity contribution >= 4 is 17.5 Å². The van der Waals surface area contributed by atoms with E-state index in [1.807, 2.05) is 31.1 Å². The van der Waals surface area contributed by atoms with Crippen LogP contribution in [0.15, 0.2) is 36.7 Å². The molecule has 29 heavy (non-hydrogen) atoms. The van der Waals surface area contributed by atoms with Crippen LogP contribution in [0.25, 0.3) is 0 Å². The van der Waals surface area contributed by atoms with E-state index >= 15 is 0 Å². The number of carbonyl (C=O) groups excluding carboxylic acids is 1. The van der Waals surface area contributed by atoms with Gasteiger partial charge < -0.3 is 15.7 Å². The van der Waals surface area contributed by atoms with Gasteiger partial charge in [0, 0.05) is 24.4 Å². The molecule has 0 saturated heterocycles. The summed E-state index contributed by atoms with van der Waals surface area (Å²) in [5, 5.41) is 9.43. The number of amides is 1. The number of aromatic hydroxyl groups is 1. The van der Waals surface area contributed by atoms with Crippen LogP contribution in [0, 0.1) is 17.7 Å². The van der Waals surface area contributed by atoms with Crippen molar-refractivity contribution in [3.8, 4) is 5.75 Å². The molecule has 0 spiro atoms. The predicted octanol–water partition coefficient (Wildman–Crippen LogP) is 3.74. The summed E-state index contributed by atoms with van der Waals surface area (Å²) < 4.78 is 14.0. The number of phenolic OH excluding ortho intramolecular Hbond substituents is 1. The SMILES string of the molecule is CN(C)[C@H](Cc1ccc(O)c(F)c1Cl)CC(C(N)=O)C(c1ccncc1)C1CC1. The van der Waals surface area contributed by atoms with Gasteiger partial charge in [-0.2, -0.15) is 0 Å². The van der Waals surface area contributed by atoms with Crippen LogP contribution in [-0.4, -0.2) is 41.0 Å². The fraction of sp³-hybridized carbons (Fsp3) is 0.455. The van der Waals surface area contributed by atoms with Crippen LogP contribution in [0.5, 0.6) is 5.75 Å². The van der Waals surface area contributed by atoms with Gasteiger partial charge >= 0.3 is 0 Å². The Morgan fingerprint density at radius 2 is 1.97 bits per heavy atom. The Morgan fingerprint density at radius 3 is 2.52 bits per heavy atom. The first kappa shape index (κ1) is 21.5. The Bertz CT molecular complexity index is 859. The molecule has 0 radical (unpaired) electrons. The molecule has 1 saturated carbocycles. The van der Waals surface area contributed by atoms with Crippen LogP contribution >= 0.6 is 11.6 Å². The molecule has 0 aliphatic heterocycles. The highest BCUT2D eigenvalue weighted by atomic mass is 35.5. The minimum absolute atomic E-state index is 0.0463. The van der Waals surface area contributed by atoms with Gasteiger partial charge in [-0.25, -0.2) is 4.39 Å². The van der Waals surface area contributed by atoms with E-state index in [1.54, 1.807) is 18.5 Å². The van der Waals surface area contributed by atoms with E-state index in [0.717, 1.165) is 18.4 Å². The van der Waals surface area contributed by atoms with Crippen LogP contribution < -0.4 is 5.73 Å². The van der Waals surface area contributed by atoms with Gasteiger partial charge in [0.05, 0.1) is 5.02 Å². The summed E-state index contributed by atoms with van der Waals surface area (Å²) in [6.45, 7) is 0. The van der Waals surface area contributed by atoms with Crippen molar-refractivity contribution in [3.05, 3.63) is 58.6 Å². The number of nitrogens with zero attached hydrogens (tertiary/aromatic N) is 2. The molecule has 2 aromatic rings. The van der Waals surface area contributed by atoms with E-state index in [1.165, 1.54) is 6.07 Å². The molecule has 7 heteroatoms. The van der Waals surface area contributed by atoms with E-state index in [-0.39, 0.29) is 28.8 Å². The van der Waals surface area contributed by atoms with E-state index in [2.05, 4.69) is 4.98 Å². The number of benzene rings is 1. The van der Waals surface area contributed by atoms with Gasteiger partial charge in [-0.05, 0) is 80.9 Å². The summed E-state index contributed by atoms with van der Waals surface area (Å²) in [6.07, 6.45) is 6.62. The molecule has 1 aromatic heterocycles. The number of aromatic nitrogens is 1. The molecule has 1 fully saturated rings. The zero-order valence-electron chi connectivity index (χ0n) is 16.7. The number of rotatable bonds is 9. The summed E-state index contributed by atoms with van der Waals surface area (Å²) in [5.74, 6) is -1.48. The topological polar surface area (TPSA) is 79.5 Å². The zero-order chi connectivity index (χ0) is 21.1. The number of pyridine rings is 1. The summed E-state index contributed by atoms with van der Waals surface area (Å²) >= 11 is 6.11. The van der Waals surface area contributed by atoms with E-state index < -0.39 is 11.6 Å². The smallest absolute Gasteiger partial charge is 0.221 e. The summed E-state index contributed by atoms with van der Waals surface area (Å²) in [7, 11) is 3.85. The lowest BCUT2D eigenvalue weighted by atomic mass is 9.78. The Hall–Kier alpha value is -2.18. The van der Waals surface area contributed by atoms with E-state index in [4.69, 9.17) is 17.3 Å². The number of phenols is 1. The zero-order valence-corrected chi connectivity index (χ0v) is 17.4. The molecular weight excluding hydrogens is 393 g/mol. The van der Waals surface area contributed by atoms with Crippen molar-refractivity contribution in [3.63, 3.8) is 0 Å². The number of primary amides is 1. The number of hydrogen-bond acceptors (Lipinski definition) is 4. The Balaban J connectivity index is 1.87. The van der Waals surface area contributed by atoms with Crippen LogP contribution in [0.4, 0.5) is 4.39 Å². The maximum absolute atomic E-state index is 14.0. The lowest BCUT2D eigenvalue weighted by molar-refractivity contribution is -0.123. The minimum Gasteiger partial charge on any atom is -0.505 e. The van der Waals surface area contributed by atoms with Gasteiger partial charge in [-0.3, -0.25) is 9.78 Å². The van der Waals surface area contributed by atoms with Gasteiger partial charge in [0.2, 0.25) is 5.91 Å². The first-order valence-corrected chi connectivity index (χ1v) is 10.2. The molecule has 156 valence electrons. The van der Waals surface area contributed by atoms with Crippen LogP contribution in [0.1, 0.15) is 36.3 Å². The summed E-state index contributed by atoms with van der Waals surface area (Å²) in [4.78, 5) is 18.6. The molecule has 3 atom stereocenters. The van der Waals surface area contributed by atoms with Crippen molar-refractivity contribution in [2.45, 2.75) is 37.6 Å². The molecule has 3 N–H and O–H groups in total. The quantitative estimate of drug-likeness (QED) is 0.649. The highest BCUT2D eigenvalue weighted by molar-refractivity contribution is 6.31. The van der Waals surface area contributed by atoms with Crippen molar-refractivity contribution < 1.29 is 14.3 Å². The lowest BCUT2D eigenvalue weighted by Gasteiger charge is -2.32. The van der Waals surface area contributed by atoms with Crippen LogP contribution in [0.3, 0.4) is 0 Å². The van der Waals surface area contributed by atoms with Crippen LogP contribution in [-0.2, 0) is 11.2 Å². The Morgan fingerprint density at radius 1 is 1.31 bits per heavy atom. The monoisotopic (exact) mass is 419 g/mol. The highest BCUT2D eigenvalue weighted by Crippen LogP contribution is 2.48. The maximum Gasteiger partial charge on any atom is 0.221 e. The second-order valence-electron chi connectivity index (χ2n) is 8.08. The van der Waals surface area contributed by atoms with Gasteiger partial charge in [0.1, 0.15) is 0 Å². The summed E-state index contributed by atoms with van der Waals surface area (Å²) in [5.41, 5.74) is 7.54. The number of carbonyl (C=O) groups is 1. The molecule has 1 aromatic carbocycles. The largest absolute Gasteiger partial charge is 0.505 e. The first-order valence-electron chi connectivity index (χ1n) is 9.81. The third-order valence-electron chi connectivity index (χ3n) is 5.87. The van der Waals surface area contributed by atoms with Gasteiger partial charge in [0.15, 0.2) is 11.6 Å². The third kappa shape index (κ3) is 5.06. The minimum atomic E-state index is -0.819. The van der Waals surface area contributed by atoms with Gasteiger partial charge in [-0.15, -0.1) is 0 Å². The predicted molar refractivity (Wildman–Crippen MR) is 111 cm³/mol. The normalized spacial score (nSPS) is 17.1. The average Bonchev–Trinajstić information content (AvgIpc) is 3.52. The fourth-order valence-corrected chi connectivity index (χ4v) is 4.31. The highest BCUT2D eigenvalue weighted by Gasteiger charge is 2.41. The third-order valence-corrected chi connectivity index (χ3v) is 6.28. The fourth-order valence-electron chi connectivity index (χ4n) is 4.07. The van der Waals surface area contributed by atoms with Crippen molar-refractivity contribution in [1.82, 2.24) is 9.88 Å². The summed E-state index contributed by atoms with van der Waals surface area (Å²) in [6, 6.07) is 6.76. The molecular formula is C22H27ClFN3O2. The van der Waals surface area contributed by atoms with Crippen LogP contribution in [0.2, 0.25) is 5.02 Å². The molecule has 1 aliphatic rings. The molecule has 1 amide bonds. The van der Waals surface area contributed by atoms with Gasteiger partial charge in [0.25, 0.3) is 0 Å². The molecule has 5 nitrogen and oxygen atoms in total. The van der Waals surface area contributed by atoms with Crippen molar-refractivity contribution in [2.24, 2.45) is 17.6 Å². The molecule has 1 aliphatic carbocycles. The molecule has 0 bridgehead atoms. The first-order chi connectivity index (χ1) is 13.8. The maximum atomic E-state index is 14.0. The lowest BCUT2D eigenvalue weighted by Crippen LogP contribution is -2.39. The molecule has 2 unspecified atom stereocenters. The van der Waals surface area contributed by atoms with E-state index in [0.29, 0.717) is 24.3 Å². The molecule has 1 heterocycles. The standard InChI is InChI=1S/C22H27ClFN3O2/c1-27(2)16(11-15-5-6-18(28)21(24)20(15)23)12-17(22(25)29)19(13-3-4-13)14-7-9-26-10-8-14/h5-10,13,16-17,19,28H,3-4,11-12H2,1-2H3,(H2,25,29)/t16-,17?,19?/m1/s1. The van der Waals surface area contributed by atoms with Crippen molar-refractivity contribution in [1.29, 1.82) is 0 Å². The second-order valence-corrected chi connectivity index (χ2v) is 8.46. The number of hydrogen-bond donors (Lipinski definition) is 2. The average molecular weight is 420 g/mol. The van der Waals surface area contributed by atoms with E-state index in [9.17, 15) is 14.3 Å². The van der Waals surface area contributed by atoms with Crippen molar-refractivity contribution in [2.75, 3.05) is 14.1 Å². The Labute approximate surface area is 175 Å². The second kappa shape index (κ2) is 9.09. The Kier molecular flexibility index (Phi) is 6.75. The number of likely N-dealkylation sites (N-methyl/N-ethyl adjacent to an activating group) is 1. The number of halogens is 2. The number of nitrogens with two attached hydrogens (primary N) is 1. The molecule has 3 rings (SSSR count). The van der Waals surface area contributed by atoms with Gasteiger partial charge in [-0.1, -0.05) is 17.7 Å².